The van der Waals surface area contributed by atoms with Crippen molar-refractivity contribution >= 4 is 0 Å². The lowest BCUT2D eigenvalue weighted by Gasteiger charge is -2.47. The summed E-state index contributed by atoms with van der Waals surface area (Å²) in [5.41, 5.74) is -1.17. The van der Waals surface area contributed by atoms with Crippen molar-refractivity contribution in [1.29, 1.82) is 0 Å². The molecule has 0 radical (unpaired) electrons. The Hall–Kier alpha value is -5.14. The van der Waals surface area contributed by atoms with E-state index in [0.717, 1.165) is 0 Å². The van der Waals surface area contributed by atoms with Gasteiger partial charge >= 0.3 is 12.4 Å². The fraction of sp³-hybridized carbons (Fsp3) is 0.143. The Bertz CT molecular complexity index is 1730. The van der Waals surface area contributed by atoms with Crippen LogP contribution in [0.2, 0.25) is 0 Å². The standard InChI is InChI=1S/C42H32F6O/c43-39(44,45)29-31-17-13-15-27-37(31)41(33-19-5-1-6-20-33,34-21-7-2-8-22-34)49-42(35-23-9-3-10-24-35,36-25-11-4-12-26-36)38-28-16-14-18-32(38)30-40(46,47)48/h1-28H,29-30H2. The highest BCUT2D eigenvalue weighted by atomic mass is 19.4. The Kier molecular flexibility index (Phi) is 9.48. The van der Waals surface area contributed by atoms with Crippen molar-refractivity contribution in [3.63, 3.8) is 0 Å². The molecule has 49 heavy (non-hydrogen) atoms. The van der Waals surface area contributed by atoms with Crippen LogP contribution in [0.5, 0.6) is 0 Å². The molecule has 1 nitrogen and oxygen atoms in total. The Morgan fingerprint density at radius 2 is 0.571 bits per heavy atom. The quantitative estimate of drug-likeness (QED) is 0.104. The molecule has 7 heteroatoms. The molecule has 0 aliphatic carbocycles. The first kappa shape index (κ1) is 33.7. The first-order valence-electron chi connectivity index (χ1n) is 15.8. The maximum atomic E-state index is 14.3. The molecule has 0 atom stereocenters. The molecular weight excluding hydrogens is 634 g/mol. The highest BCUT2D eigenvalue weighted by molar-refractivity contribution is 5.56. The van der Waals surface area contributed by atoms with Gasteiger partial charge in [-0.15, -0.1) is 0 Å². The van der Waals surface area contributed by atoms with E-state index in [0.29, 0.717) is 22.3 Å². The number of alkyl halides is 6. The predicted molar refractivity (Wildman–Crippen MR) is 179 cm³/mol. The minimum absolute atomic E-state index is 0.0266. The van der Waals surface area contributed by atoms with E-state index >= 15 is 0 Å². The van der Waals surface area contributed by atoms with Crippen molar-refractivity contribution in [1.82, 2.24) is 0 Å². The summed E-state index contributed by atoms with van der Waals surface area (Å²) in [6, 6.07) is 48.0. The Morgan fingerprint density at radius 3 is 0.837 bits per heavy atom. The van der Waals surface area contributed by atoms with Crippen LogP contribution in [-0.2, 0) is 28.8 Å². The second-order valence-electron chi connectivity index (χ2n) is 11.8. The normalized spacial score (nSPS) is 12.5. The van der Waals surface area contributed by atoms with Crippen molar-refractivity contribution in [2.24, 2.45) is 0 Å². The van der Waals surface area contributed by atoms with E-state index in [1.807, 2.05) is 0 Å². The average molecular weight is 667 g/mol. The van der Waals surface area contributed by atoms with Gasteiger partial charge in [0.25, 0.3) is 0 Å². The topological polar surface area (TPSA) is 9.23 Å². The van der Waals surface area contributed by atoms with Crippen LogP contribution in [0.4, 0.5) is 26.3 Å². The van der Waals surface area contributed by atoms with Gasteiger partial charge in [-0.05, 0) is 44.5 Å². The van der Waals surface area contributed by atoms with E-state index < -0.39 is 36.4 Å². The first-order chi connectivity index (χ1) is 23.5. The third-order valence-electron chi connectivity index (χ3n) is 8.60. The minimum atomic E-state index is -4.57. The van der Waals surface area contributed by atoms with Crippen LogP contribution < -0.4 is 0 Å². The smallest absolute Gasteiger partial charge is 0.340 e. The third kappa shape index (κ3) is 7.03. The van der Waals surface area contributed by atoms with Crippen molar-refractivity contribution in [2.45, 2.75) is 36.4 Å². The summed E-state index contributed by atoms with van der Waals surface area (Å²) in [4.78, 5) is 0. The fourth-order valence-corrected chi connectivity index (χ4v) is 6.69. The van der Waals surface area contributed by atoms with Gasteiger partial charge in [0.05, 0.1) is 12.8 Å². The molecule has 0 unspecified atom stereocenters. The lowest BCUT2D eigenvalue weighted by atomic mass is 9.73. The lowest BCUT2D eigenvalue weighted by molar-refractivity contribution is -0.128. The summed E-state index contributed by atoms with van der Waals surface area (Å²) in [5.74, 6) is 0. The predicted octanol–water partition coefficient (Wildman–Crippen LogP) is 11.2. The second kappa shape index (κ2) is 13.8. The maximum absolute atomic E-state index is 14.3. The van der Waals surface area contributed by atoms with Crippen molar-refractivity contribution in [3.05, 3.63) is 214 Å². The molecule has 0 N–H and O–H groups in total. The molecule has 0 fully saturated rings. The largest absolute Gasteiger partial charge is 0.393 e. The zero-order chi connectivity index (χ0) is 34.5. The number of hydrogen-bond acceptors (Lipinski definition) is 1. The van der Waals surface area contributed by atoms with Crippen LogP contribution in [0.3, 0.4) is 0 Å². The molecule has 0 spiro atoms. The van der Waals surface area contributed by atoms with Crippen LogP contribution in [-0.4, -0.2) is 12.4 Å². The van der Waals surface area contributed by atoms with Gasteiger partial charge in [0, 0.05) is 0 Å². The van der Waals surface area contributed by atoms with Gasteiger partial charge in [-0.1, -0.05) is 170 Å². The molecule has 0 aliphatic rings. The van der Waals surface area contributed by atoms with Gasteiger partial charge in [0.1, 0.15) is 11.2 Å². The van der Waals surface area contributed by atoms with Gasteiger partial charge in [-0.3, -0.25) is 0 Å². The van der Waals surface area contributed by atoms with E-state index in [2.05, 4.69) is 0 Å². The number of ether oxygens (including phenoxy) is 1. The first-order valence-corrected chi connectivity index (χ1v) is 15.8. The zero-order valence-electron chi connectivity index (χ0n) is 26.3. The van der Waals surface area contributed by atoms with E-state index in [1.54, 1.807) is 158 Å². The molecule has 6 aromatic rings. The SMILES string of the molecule is FC(F)(F)Cc1ccccc1C(OC(c1ccccc1)(c1ccccc1)c1ccccc1CC(F)(F)F)(c1ccccc1)c1ccccc1. The van der Waals surface area contributed by atoms with E-state index in [-0.39, 0.29) is 22.3 Å². The molecule has 0 saturated heterocycles. The minimum Gasteiger partial charge on any atom is -0.340 e. The summed E-state index contributed by atoms with van der Waals surface area (Å²) in [7, 11) is 0. The van der Waals surface area contributed by atoms with E-state index in [4.69, 9.17) is 4.74 Å². The van der Waals surface area contributed by atoms with Crippen LogP contribution in [0, 0.1) is 0 Å². The van der Waals surface area contributed by atoms with Crippen LogP contribution >= 0.6 is 0 Å². The summed E-state index contributed by atoms with van der Waals surface area (Å²) >= 11 is 0. The van der Waals surface area contributed by atoms with Gasteiger partial charge in [0.15, 0.2) is 0 Å². The molecule has 0 heterocycles. The fourth-order valence-electron chi connectivity index (χ4n) is 6.69. The van der Waals surface area contributed by atoms with Gasteiger partial charge in [0.2, 0.25) is 0 Å². The Morgan fingerprint density at radius 1 is 0.327 bits per heavy atom. The summed E-state index contributed by atoms with van der Waals surface area (Å²) in [5, 5.41) is 0. The highest BCUT2D eigenvalue weighted by Crippen LogP contribution is 2.53. The zero-order valence-corrected chi connectivity index (χ0v) is 26.3. The van der Waals surface area contributed by atoms with E-state index in [9.17, 15) is 26.3 Å². The second-order valence-corrected chi connectivity index (χ2v) is 11.8. The molecule has 6 rings (SSSR count). The van der Waals surface area contributed by atoms with Crippen LogP contribution in [0.15, 0.2) is 170 Å². The highest BCUT2D eigenvalue weighted by Gasteiger charge is 2.51. The van der Waals surface area contributed by atoms with Gasteiger partial charge in [-0.25, -0.2) is 0 Å². The molecule has 0 amide bonds. The van der Waals surface area contributed by atoms with Crippen LogP contribution in [0.25, 0.3) is 0 Å². The summed E-state index contributed by atoms with van der Waals surface area (Å²) in [6.45, 7) is 0. The number of hydrogen-bond donors (Lipinski definition) is 0. The lowest BCUT2D eigenvalue weighted by Crippen LogP contribution is -2.45. The number of halogens is 6. The third-order valence-corrected chi connectivity index (χ3v) is 8.60. The number of rotatable bonds is 10. The van der Waals surface area contributed by atoms with Crippen LogP contribution in [0.1, 0.15) is 44.5 Å². The molecule has 0 aromatic heterocycles. The van der Waals surface area contributed by atoms with Gasteiger partial charge < -0.3 is 4.74 Å². The molecule has 0 bridgehead atoms. The summed E-state index contributed by atoms with van der Waals surface area (Å²) in [6.07, 6.45) is -11.6. The molecule has 0 saturated carbocycles. The summed E-state index contributed by atoms with van der Waals surface area (Å²) < 4.78 is 93.6. The monoisotopic (exact) mass is 666 g/mol. The average Bonchev–Trinajstić information content (AvgIpc) is 3.10. The number of benzene rings is 6. The van der Waals surface area contributed by atoms with Gasteiger partial charge in [-0.2, -0.15) is 26.3 Å². The van der Waals surface area contributed by atoms with E-state index in [1.165, 1.54) is 12.1 Å². The van der Waals surface area contributed by atoms with Crippen molar-refractivity contribution in [3.8, 4) is 0 Å². The maximum Gasteiger partial charge on any atom is 0.393 e. The Balaban J connectivity index is 1.81. The van der Waals surface area contributed by atoms with Crippen molar-refractivity contribution in [2.75, 3.05) is 0 Å². The molecular formula is C42H32F6O. The molecule has 248 valence electrons. The van der Waals surface area contributed by atoms with Crippen molar-refractivity contribution < 1.29 is 31.1 Å². The molecule has 0 aliphatic heterocycles. The molecule has 6 aromatic carbocycles. The Labute approximate surface area is 281 Å².